The Morgan fingerprint density at radius 2 is 2.08 bits per heavy atom. The lowest BCUT2D eigenvalue weighted by atomic mass is 10.2. The van der Waals surface area contributed by atoms with Crippen molar-refractivity contribution in [2.24, 2.45) is 0 Å². The van der Waals surface area contributed by atoms with Crippen molar-refractivity contribution in [3.8, 4) is 0 Å². The van der Waals surface area contributed by atoms with E-state index in [2.05, 4.69) is 5.10 Å². The van der Waals surface area contributed by atoms with Crippen LogP contribution in [0.25, 0.3) is 0 Å². The predicted molar refractivity (Wildman–Crippen MR) is 93.5 cm³/mol. The SMILES string of the molecule is Cc1cnn(CCC(=O)N(Cc2cccs2)c2ccc(F)cc2)c1. The number of carbonyl (C=O) groups excluding carboxylic acids is 1. The fourth-order valence-corrected chi connectivity index (χ4v) is 3.13. The van der Waals surface area contributed by atoms with Gasteiger partial charge in [-0.2, -0.15) is 5.10 Å². The van der Waals surface area contributed by atoms with Crippen LogP contribution < -0.4 is 4.90 Å². The summed E-state index contributed by atoms with van der Waals surface area (Å²) in [6.45, 7) is 2.97. The second-order valence-corrected chi connectivity index (χ2v) is 6.60. The third-order valence-electron chi connectivity index (χ3n) is 3.65. The van der Waals surface area contributed by atoms with Crippen LogP contribution in [0.2, 0.25) is 0 Å². The average Bonchev–Trinajstić information content (AvgIpc) is 3.23. The summed E-state index contributed by atoms with van der Waals surface area (Å²) in [5, 5.41) is 6.19. The van der Waals surface area contributed by atoms with Gasteiger partial charge < -0.3 is 4.90 Å². The molecule has 4 nitrogen and oxygen atoms in total. The summed E-state index contributed by atoms with van der Waals surface area (Å²) >= 11 is 1.60. The van der Waals surface area contributed by atoms with E-state index in [0.717, 1.165) is 10.4 Å². The van der Waals surface area contributed by atoms with E-state index >= 15 is 0 Å². The molecule has 0 radical (unpaired) electrons. The number of hydrogen-bond acceptors (Lipinski definition) is 3. The normalized spacial score (nSPS) is 10.8. The van der Waals surface area contributed by atoms with Crippen molar-refractivity contribution in [3.63, 3.8) is 0 Å². The molecule has 1 amide bonds. The fourth-order valence-electron chi connectivity index (χ4n) is 2.44. The Morgan fingerprint density at radius 3 is 2.71 bits per heavy atom. The molecule has 0 fully saturated rings. The van der Waals surface area contributed by atoms with Crippen LogP contribution in [0.5, 0.6) is 0 Å². The van der Waals surface area contributed by atoms with Crippen LogP contribution in [-0.2, 0) is 17.9 Å². The molecule has 6 heteroatoms. The number of thiophene rings is 1. The van der Waals surface area contributed by atoms with E-state index in [1.165, 1.54) is 12.1 Å². The van der Waals surface area contributed by atoms with E-state index in [1.807, 2.05) is 30.6 Å². The van der Waals surface area contributed by atoms with Gasteiger partial charge in [0.2, 0.25) is 5.91 Å². The zero-order valence-corrected chi connectivity index (χ0v) is 14.2. The Morgan fingerprint density at radius 1 is 1.29 bits per heavy atom. The molecule has 0 unspecified atom stereocenters. The van der Waals surface area contributed by atoms with Gasteiger partial charge in [0.15, 0.2) is 0 Å². The highest BCUT2D eigenvalue weighted by Crippen LogP contribution is 2.21. The van der Waals surface area contributed by atoms with Crippen LogP contribution in [0.4, 0.5) is 10.1 Å². The number of amides is 1. The van der Waals surface area contributed by atoms with Gasteiger partial charge >= 0.3 is 0 Å². The molecule has 0 aliphatic carbocycles. The largest absolute Gasteiger partial charge is 0.307 e. The first-order valence-electron chi connectivity index (χ1n) is 7.69. The number of rotatable bonds is 6. The van der Waals surface area contributed by atoms with E-state index in [1.54, 1.807) is 39.2 Å². The summed E-state index contributed by atoms with van der Waals surface area (Å²) < 4.78 is 15.0. The van der Waals surface area contributed by atoms with Crippen molar-refractivity contribution in [1.29, 1.82) is 0 Å². The number of anilines is 1. The maximum Gasteiger partial charge on any atom is 0.229 e. The standard InChI is InChI=1S/C18H18FN3OS/c1-14-11-20-21(12-14)9-8-18(23)22(13-17-3-2-10-24-17)16-6-4-15(19)5-7-16/h2-7,10-12H,8-9,13H2,1H3. The molecule has 24 heavy (non-hydrogen) atoms. The number of halogens is 1. The lowest BCUT2D eigenvalue weighted by Gasteiger charge is -2.22. The highest BCUT2D eigenvalue weighted by molar-refractivity contribution is 7.09. The van der Waals surface area contributed by atoms with Gasteiger partial charge in [0.25, 0.3) is 0 Å². The molecule has 0 aliphatic heterocycles. The number of hydrogen-bond donors (Lipinski definition) is 0. The molecule has 0 aliphatic rings. The third kappa shape index (κ3) is 4.08. The first-order valence-corrected chi connectivity index (χ1v) is 8.57. The minimum atomic E-state index is -0.311. The molecule has 2 heterocycles. The van der Waals surface area contributed by atoms with E-state index < -0.39 is 0 Å². The maximum absolute atomic E-state index is 13.2. The van der Waals surface area contributed by atoms with Crippen LogP contribution in [0, 0.1) is 12.7 Å². The summed E-state index contributed by atoms with van der Waals surface area (Å²) in [5.41, 5.74) is 1.77. The molecule has 0 atom stereocenters. The van der Waals surface area contributed by atoms with Gasteiger partial charge in [-0.05, 0) is 48.2 Å². The van der Waals surface area contributed by atoms with Crippen LogP contribution in [0.15, 0.2) is 54.2 Å². The summed E-state index contributed by atoms with van der Waals surface area (Å²) in [6.07, 6.45) is 4.02. The molecular weight excluding hydrogens is 325 g/mol. The summed E-state index contributed by atoms with van der Waals surface area (Å²) in [4.78, 5) is 15.5. The lowest BCUT2D eigenvalue weighted by Crippen LogP contribution is -2.30. The van der Waals surface area contributed by atoms with E-state index in [-0.39, 0.29) is 11.7 Å². The molecule has 3 aromatic rings. The summed E-state index contributed by atoms with van der Waals surface area (Å²) in [5.74, 6) is -0.322. The number of carbonyl (C=O) groups is 1. The van der Waals surface area contributed by atoms with Gasteiger partial charge in [0, 0.05) is 29.7 Å². The number of aromatic nitrogens is 2. The Balaban J connectivity index is 1.75. The quantitative estimate of drug-likeness (QED) is 0.678. The molecule has 0 N–H and O–H groups in total. The Kier molecular flexibility index (Phi) is 5.05. The van der Waals surface area contributed by atoms with Crippen molar-refractivity contribution >= 4 is 22.9 Å². The van der Waals surface area contributed by atoms with Gasteiger partial charge in [-0.25, -0.2) is 4.39 Å². The molecule has 124 valence electrons. The molecule has 2 aromatic heterocycles. The van der Waals surface area contributed by atoms with Gasteiger partial charge in [-0.3, -0.25) is 9.48 Å². The van der Waals surface area contributed by atoms with E-state index in [4.69, 9.17) is 0 Å². The number of aryl methyl sites for hydroxylation is 2. The average molecular weight is 343 g/mol. The Hall–Kier alpha value is -2.47. The topological polar surface area (TPSA) is 38.1 Å². The molecule has 0 bridgehead atoms. The maximum atomic E-state index is 13.2. The van der Waals surface area contributed by atoms with Crippen LogP contribution in [0.3, 0.4) is 0 Å². The molecule has 1 aromatic carbocycles. The lowest BCUT2D eigenvalue weighted by molar-refractivity contribution is -0.119. The molecule has 0 saturated carbocycles. The van der Waals surface area contributed by atoms with Crippen molar-refractivity contribution < 1.29 is 9.18 Å². The molecule has 3 rings (SSSR count). The number of nitrogens with zero attached hydrogens (tertiary/aromatic N) is 3. The smallest absolute Gasteiger partial charge is 0.229 e. The van der Waals surface area contributed by atoms with Crippen molar-refractivity contribution in [1.82, 2.24) is 9.78 Å². The minimum Gasteiger partial charge on any atom is -0.307 e. The van der Waals surface area contributed by atoms with Crippen LogP contribution in [-0.4, -0.2) is 15.7 Å². The van der Waals surface area contributed by atoms with Crippen LogP contribution in [0.1, 0.15) is 16.9 Å². The van der Waals surface area contributed by atoms with Crippen LogP contribution >= 0.6 is 11.3 Å². The van der Waals surface area contributed by atoms with Gasteiger partial charge in [-0.1, -0.05) is 6.07 Å². The zero-order chi connectivity index (χ0) is 16.9. The molecule has 0 spiro atoms. The monoisotopic (exact) mass is 343 g/mol. The third-order valence-corrected chi connectivity index (χ3v) is 4.51. The first kappa shape index (κ1) is 16.4. The summed E-state index contributed by atoms with van der Waals surface area (Å²) in [6, 6.07) is 9.98. The zero-order valence-electron chi connectivity index (χ0n) is 13.4. The Bertz CT molecular complexity index is 796. The summed E-state index contributed by atoms with van der Waals surface area (Å²) in [7, 11) is 0. The minimum absolute atomic E-state index is 0.0110. The van der Waals surface area contributed by atoms with Gasteiger partial charge in [0.05, 0.1) is 12.7 Å². The highest BCUT2D eigenvalue weighted by Gasteiger charge is 2.17. The molecule has 0 saturated heterocycles. The van der Waals surface area contributed by atoms with E-state index in [0.29, 0.717) is 25.2 Å². The highest BCUT2D eigenvalue weighted by atomic mass is 32.1. The fraction of sp³-hybridized carbons (Fsp3) is 0.222. The second kappa shape index (κ2) is 7.40. The predicted octanol–water partition coefficient (Wildman–Crippen LogP) is 4.02. The van der Waals surface area contributed by atoms with Gasteiger partial charge in [-0.15, -0.1) is 11.3 Å². The van der Waals surface area contributed by atoms with Crippen molar-refractivity contribution in [2.75, 3.05) is 4.90 Å². The number of benzene rings is 1. The first-order chi connectivity index (χ1) is 11.6. The van der Waals surface area contributed by atoms with E-state index in [9.17, 15) is 9.18 Å². The van der Waals surface area contributed by atoms with Gasteiger partial charge in [0.1, 0.15) is 5.82 Å². The second-order valence-electron chi connectivity index (χ2n) is 5.57. The Labute approximate surface area is 144 Å². The van der Waals surface area contributed by atoms with Crippen molar-refractivity contribution in [3.05, 3.63) is 70.4 Å². The molecular formula is C18H18FN3OS. The van der Waals surface area contributed by atoms with Crippen molar-refractivity contribution in [2.45, 2.75) is 26.4 Å².